The lowest BCUT2D eigenvalue weighted by Gasteiger charge is -2.01. The van der Waals surface area contributed by atoms with Crippen LogP contribution in [0.5, 0.6) is 0 Å². The number of anilines is 1. The van der Waals surface area contributed by atoms with E-state index in [0.29, 0.717) is 11.6 Å². The van der Waals surface area contributed by atoms with Crippen LogP contribution in [0.2, 0.25) is 0 Å². The Morgan fingerprint density at radius 2 is 2.27 bits per heavy atom. The van der Waals surface area contributed by atoms with Crippen molar-refractivity contribution in [1.82, 2.24) is 9.97 Å². The Hall–Kier alpha value is -1.32. The Morgan fingerprint density at radius 3 is 2.87 bits per heavy atom. The number of rotatable bonds is 7. The van der Waals surface area contributed by atoms with Crippen molar-refractivity contribution < 1.29 is 4.79 Å². The van der Waals surface area contributed by atoms with Crippen molar-refractivity contribution >= 4 is 11.7 Å². The second kappa shape index (κ2) is 6.22. The van der Waals surface area contributed by atoms with E-state index in [0.717, 1.165) is 13.0 Å². The molecule has 0 radical (unpaired) electrons. The highest BCUT2D eigenvalue weighted by Crippen LogP contribution is 2.04. The normalized spacial score (nSPS) is 10.3. The van der Waals surface area contributed by atoms with Crippen LogP contribution in [0, 0.1) is 0 Å². The maximum absolute atomic E-state index is 11.0. The second-order valence-corrected chi connectivity index (χ2v) is 3.69. The summed E-state index contributed by atoms with van der Waals surface area (Å²) in [6, 6.07) is 0. The Morgan fingerprint density at radius 1 is 1.47 bits per heavy atom. The standard InChI is InChI=1S/C11H19N3O/c1-3-4-5-6-7-12-11-13-8-10(14-11)9(2)15/h8H,3-7H2,1-2H3,(H2,12,13,14). The summed E-state index contributed by atoms with van der Waals surface area (Å²) in [6.07, 6.45) is 6.47. The molecule has 0 bridgehead atoms. The fourth-order valence-electron chi connectivity index (χ4n) is 1.35. The first-order valence-corrected chi connectivity index (χ1v) is 5.54. The van der Waals surface area contributed by atoms with Crippen LogP contribution < -0.4 is 5.32 Å². The van der Waals surface area contributed by atoms with Gasteiger partial charge < -0.3 is 10.3 Å². The van der Waals surface area contributed by atoms with Crippen molar-refractivity contribution in [2.24, 2.45) is 0 Å². The van der Waals surface area contributed by atoms with E-state index in [4.69, 9.17) is 0 Å². The minimum atomic E-state index is 0.0153. The number of unbranched alkanes of at least 4 members (excludes halogenated alkanes) is 3. The third-order valence-electron chi connectivity index (χ3n) is 2.28. The maximum Gasteiger partial charge on any atom is 0.200 e. The molecule has 0 saturated heterocycles. The molecule has 1 rings (SSSR count). The molecule has 0 aliphatic rings. The van der Waals surface area contributed by atoms with Gasteiger partial charge in [-0.05, 0) is 6.42 Å². The van der Waals surface area contributed by atoms with Crippen molar-refractivity contribution in [1.29, 1.82) is 0 Å². The quantitative estimate of drug-likeness (QED) is 0.536. The number of aromatic amines is 1. The third kappa shape index (κ3) is 4.14. The Labute approximate surface area is 90.5 Å². The van der Waals surface area contributed by atoms with Gasteiger partial charge in [0, 0.05) is 13.5 Å². The Kier molecular flexibility index (Phi) is 4.87. The zero-order valence-electron chi connectivity index (χ0n) is 9.47. The second-order valence-electron chi connectivity index (χ2n) is 3.69. The lowest BCUT2D eigenvalue weighted by Crippen LogP contribution is -2.03. The molecule has 0 atom stereocenters. The number of ketones is 1. The molecule has 0 saturated carbocycles. The highest BCUT2D eigenvalue weighted by molar-refractivity contribution is 5.92. The van der Waals surface area contributed by atoms with Crippen molar-refractivity contribution in [3.05, 3.63) is 11.9 Å². The minimum absolute atomic E-state index is 0.0153. The lowest BCUT2D eigenvalue weighted by molar-refractivity contribution is 0.101. The van der Waals surface area contributed by atoms with Gasteiger partial charge in [0.15, 0.2) is 5.78 Å². The summed E-state index contributed by atoms with van der Waals surface area (Å²) in [6.45, 7) is 4.63. The van der Waals surface area contributed by atoms with Crippen LogP contribution in [-0.4, -0.2) is 22.3 Å². The number of H-pyrrole nitrogens is 1. The summed E-state index contributed by atoms with van der Waals surface area (Å²) < 4.78 is 0. The number of Topliss-reactive ketones (excluding diaryl/α,β-unsaturated/α-hetero) is 1. The number of hydrogen-bond acceptors (Lipinski definition) is 3. The van der Waals surface area contributed by atoms with E-state index >= 15 is 0 Å². The molecular formula is C11H19N3O. The summed E-state index contributed by atoms with van der Waals surface area (Å²) in [7, 11) is 0. The molecule has 4 heteroatoms. The SMILES string of the molecule is CCCCCCNc1ncc(C(C)=O)[nH]1. The van der Waals surface area contributed by atoms with Crippen LogP contribution in [0.1, 0.15) is 50.0 Å². The summed E-state index contributed by atoms with van der Waals surface area (Å²) in [4.78, 5) is 18.0. The topological polar surface area (TPSA) is 57.8 Å². The monoisotopic (exact) mass is 209 g/mol. The maximum atomic E-state index is 11.0. The number of nitrogens with one attached hydrogen (secondary N) is 2. The lowest BCUT2D eigenvalue weighted by atomic mass is 10.2. The van der Waals surface area contributed by atoms with Crippen molar-refractivity contribution in [2.45, 2.75) is 39.5 Å². The molecule has 0 unspecified atom stereocenters. The molecule has 0 spiro atoms. The average molecular weight is 209 g/mol. The van der Waals surface area contributed by atoms with Gasteiger partial charge in [-0.25, -0.2) is 4.98 Å². The largest absolute Gasteiger partial charge is 0.356 e. The Bertz CT molecular complexity index is 307. The van der Waals surface area contributed by atoms with Gasteiger partial charge in [0.05, 0.1) is 6.20 Å². The zero-order chi connectivity index (χ0) is 11.1. The van der Waals surface area contributed by atoms with Crippen LogP contribution in [0.25, 0.3) is 0 Å². The predicted octanol–water partition coefficient (Wildman–Crippen LogP) is 2.60. The fraction of sp³-hybridized carbons (Fsp3) is 0.636. The van der Waals surface area contributed by atoms with E-state index in [2.05, 4.69) is 22.2 Å². The van der Waals surface area contributed by atoms with Gasteiger partial charge in [-0.3, -0.25) is 4.79 Å². The van der Waals surface area contributed by atoms with Crippen LogP contribution in [0.3, 0.4) is 0 Å². The van der Waals surface area contributed by atoms with Crippen molar-refractivity contribution in [3.8, 4) is 0 Å². The summed E-state index contributed by atoms with van der Waals surface area (Å²) in [5.74, 6) is 0.707. The van der Waals surface area contributed by atoms with Gasteiger partial charge in [-0.15, -0.1) is 0 Å². The van der Waals surface area contributed by atoms with Crippen molar-refractivity contribution in [3.63, 3.8) is 0 Å². The molecule has 1 aromatic heterocycles. The van der Waals surface area contributed by atoms with Crippen LogP contribution >= 0.6 is 0 Å². The van der Waals surface area contributed by atoms with Crippen LogP contribution in [-0.2, 0) is 0 Å². The smallest absolute Gasteiger partial charge is 0.200 e. The number of imidazole rings is 1. The molecule has 0 amide bonds. The fourth-order valence-corrected chi connectivity index (χ4v) is 1.35. The summed E-state index contributed by atoms with van der Waals surface area (Å²) in [5, 5.41) is 3.16. The van der Waals surface area contributed by atoms with Crippen LogP contribution in [0.15, 0.2) is 6.20 Å². The van der Waals surface area contributed by atoms with E-state index in [1.54, 1.807) is 6.20 Å². The van der Waals surface area contributed by atoms with E-state index in [9.17, 15) is 4.79 Å². The van der Waals surface area contributed by atoms with E-state index in [-0.39, 0.29) is 5.78 Å². The first-order chi connectivity index (χ1) is 7.24. The van der Waals surface area contributed by atoms with Crippen molar-refractivity contribution in [2.75, 3.05) is 11.9 Å². The van der Waals surface area contributed by atoms with E-state index in [1.165, 1.54) is 26.2 Å². The molecule has 0 aromatic carbocycles. The molecule has 1 heterocycles. The zero-order valence-corrected chi connectivity index (χ0v) is 9.47. The molecule has 4 nitrogen and oxygen atoms in total. The predicted molar refractivity (Wildman–Crippen MR) is 61.2 cm³/mol. The highest BCUT2D eigenvalue weighted by Gasteiger charge is 2.03. The summed E-state index contributed by atoms with van der Waals surface area (Å²) >= 11 is 0. The van der Waals surface area contributed by atoms with Gasteiger partial charge in [-0.1, -0.05) is 26.2 Å². The molecule has 0 aliphatic heterocycles. The number of nitrogens with zero attached hydrogens (tertiary/aromatic N) is 1. The average Bonchev–Trinajstić information content (AvgIpc) is 2.66. The molecule has 84 valence electrons. The van der Waals surface area contributed by atoms with Gasteiger partial charge in [-0.2, -0.15) is 0 Å². The molecular weight excluding hydrogens is 190 g/mol. The summed E-state index contributed by atoms with van der Waals surface area (Å²) in [5.41, 5.74) is 0.561. The Balaban J connectivity index is 2.23. The molecule has 15 heavy (non-hydrogen) atoms. The van der Waals surface area contributed by atoms with Crippen LogP contribution in [0.4, 0.5) is 5.95 Å². The third-order valence-corrected chi connectivity index (χ3v) is 2.28. The molecule has 0 fully saturated rings. The molecule has 0 aliphatic carbocycles. The number of aromatic nitrogens is 2. The van der Waals surface area contributed by atoms with E-state index < -0.39 is 0 Å². The van der Waals surface area contributed by atoms with Gasteiger partial charge in [0.25, 0.3) is 0 Å². The first kappa shape index (κ1) is 11.8. The number of hydrogen-bond donors (Lipinski definition) is 2. The van der Waals surface area contributed by atoms with E-state index in [1.807, 2.05) is 0 Å². The number of carbonyl (C=O) groups excluding carboxylic acids is 1. The molecule has 1 aromatic rings. The minimum Gasteiger partial charge on any atom is -0.356 e. The van der Waals surface area contributed by atoms with Gasteiger partial charge >= 0.3 is 0 Å². The van der Waals surface area contributed by atoms with Gasteiger partial charge in [0.2, 0.25) is 5.95 Å². The number of carbonyl (C=O) groups is 1. The van der Waals surface area contributed by atoms with Gasteiger partial charge in [0.1, 0.15) is 5.69 Å². The first-order valence-electron chi connectivity index (χ1n) is 5.54. The molecule has 2 N–H and O–H groups in total. The highest BCUT2D eigenvalue weighted by atomic mass is 16.1.